The van der Waals surface area contributed by atoms with Gasteiger partial charge in [-0.1, -0.05) is 0 Å². The van der Waals surface area contributed by atoms with Crippen LogP contribution in [0.5, 0.6) is 0 Å². The van der Waals surface area contributed by atoms with Crippen molar-refractivity contribution >= 4 is 28.9 Å². The summed E-state index contributed by atoms with van der Waals surface area (Å²) in [6.07, 6.45) is -24.3. The van der Waals surface area contributed by atoms with E-state index >= 15 is 0 Å². The number of halogens is 30. The highest BCUT2D eigenvalue weighted by atomic mass is 35.7. The summed E-state index contributed by atoms with van der Waals surface area (Å²) in [6.45, 7) is -7.17. The molecule has 0 nitrogen and oxygen atoms in total. The Morgan fingerprint density at radius 1 is 0.319 bits per heavy atom. The van der Waals surface area contributed by atoms with Crippen LogP contribution in [0.3, 0.4) is 0 Å². The van der Waals surface area contributed by atoms with Gasteiger partial charge < -0.3 is 0 Å². The van der Waals surface area contributed by atoms with E-state index in [2.05, 4.69) is 22.2 Å². The fourth-order valence-electron chi connectivity index (χ4n) is 2.78. The molecule has 0 saturated heterocycles. The van der Waals surface area contributed by atoms with E-state index in [0.717, 1.165) is 0 Å². The van der Waals surface area contributed by atoms with E-state index < -0.39 is 103 Å². The molecule has 0 amide bonds. The molecule has 2 atom stereocenters. The molecule has 0 heterocycles. The lowest BCUT2D eigenvalue weighted by atomic mass is 9.93. The Morgan fingerprint density at radius 2 is 0.489 bits per heavy atom. The Labute approximate surface area is 248 Å². The molecular weight excluding hydrogens is 823 g/mol. The Morgan fingerprint density at radius 3 is 0.660 bits per heavy atom. The molecular formula is C16H6Cl2F28Si. The summed E-state index contributed by atoms with van der Waals surface area (Å²) in [7, 11) is 0. The molecule has 0 spiro atoms. The number of alkyl halides is 28. The molecule has 0 fully saturated rings. The second kappa shape index (κ2) is 12.0. The van der Waals surface area contributed by atoms with Gasteiger partial charge in [-0.15, -0.1) is 22.2 Å². The van der Waals surface area contributed by atoms with Crippen LogP contribution in [-0.2, 0) is 0 Å². The Balaban J connectivity index is 6.58. The zero-order valence-corrected chi connectivity index (χ0v) is 22.9. The fraction of sp³-hybridized carbons (Fsp3) is 1.00. The van der Waals surface area contributed by atoms with Gasteiger partial charge in [0.1, 0.15) is 11.6 Å². The van der Waals surface area contributed by atoms with Crippen molar-refractivity contribution in [2.75, 3.05) is 0 Å². The number of hydrogen-bond donors (Lipinski definition) is 0. The third kappa shape index (κ3) is 6.70. The Hall–Kier alpha value is -1.16. The molecule has 0 N–H and O–H groups in total. The molecule has 0 aliphatic carbocycles. The minimum Gasteiger partial charge on any atom is -0.248 e. The largest absolute Gasteiger partial charge is 0.460 e. The third-order valence-corrected chi connectivity index (χ3v) is 10.6. The lowest BCUT2D eigenvalue weighted by Crippen LogP contribution is -2.71. The van der Waals surface area contributed by atoms with Crippen molar-refractivity contribution in [3.8, 4) is 0 Å². The van der Waals surface area contributed by atoms with Gasteiger partial charge in [-0.25, -0.2) is 8.78 Å². The van der Waals surface area contributed by atoms with E-state index in [1.165, 1.54) is 0 Å². The third-order valence-electron chi connectivity index (χ3n) is 5.70. The van der Waals surface area contributed by atoms with Crippen LogP contribution in [0.1, 0.15) is 12.8 Å². The van der Waals surface area contributed by atoms with Crippen LogP contribution in [0.25, 0.3) is 0 Å². The highest BCUT2D eigenvalue weighted by Gasteiger charge is 2.92. The predicted octanol–water partition coefficient (Wildman–Crippen LogP) is 10.9. The molecule has 47 heavy (non-hydrogen) atoms. The van der Waals surface area contributed by atoms with Gasteiger partial charge in [-0.05, 0) is 0 Å². The van der Waals surface area contributed by atoms with Crippen LogP contribution in [0.2, 0.25) is 0 Å². The highest BCUT2D eigenvalue weighted by molar-refractivity contribution is 7.46. The van der Waals surface area contributed by atoms with E-state index in [9.17, 15) is 123 Å². The molecule has 2 unspecified atom stereocenters. The van der Waals surface area contributed by atoms with E-state index in [1.54, 1.807) is 0 Å². The van der Waals surface area contributed by atoms with Gasteiger partial charge in [-0.2, -0.15) is 114 Å². The van der Waals surface area contributed by atoms with E-state index in [4.69, 9.17) is 0 Å². The van der Waals surface area contributed by atoms with Crippen LogP contribution in [0, 0.1) is 0 Å². The summed E-state index contributed by atoms with van der Waals surface area (Å²) < 4.78 is 369. The average molecular weight is 829 g/mol. The zero-order chi connectivity index (χ0) is 39.1. The first-order chi connectivity index (χ1) is 19.8. The van der Waals surface area contributed by atoms with Gasteiger partial charge in [0.25, 0.3) is 0 Å². The van der Waals surface area contributed by atoms with Gasteiger partial charge in [0.15, 0.2) is 0 Å². The number of hydrogen-bond acceptors (Lipinski definition) is 0. The smallest absolute Gasteiger partial charge is 0.248 e. The van der Waals surface area contributed by atoms with Crippen molar-refractivity contribution in [3.05, 3.63) is 0 Å². The second-order valence-electron chi connectivity index (χ2n) is 9.02. The van der Waals surface area contributed by atoms with Crippen molar-refractivity contribution in [1.82, 2.24) is 0 Å². The minimum absolute atomic E-state index is 4.23. The van der Waals surface area contributed by atoms with Gasteiger partial charge in [0, 0.05) is 12.8 Å². The predicted molar refractivity (Wildman–Crippen MR) is 98.1 cm³/mol. The van der Waals surface area contributed by atoms with Crippen molar-refractivity contribution in [2.24, 2.45) is 0 Å². The van der Waals surface area contributed by atoms with Crippen molar-refractivity contribution in [1.29, 1.82) is 0 Å². The second-order valence-corrected chi connectivity index (χ2v) is 16.0. The molecule has 0 aromatic rings. The average Bonchev–Trinajstić information content (AvgIpc) is 2.80. The SMILES string of the molecule is FC(CC(F)(F)C(F)(F)C(F)(F)C(F)(F)C(F)(F)C(F)(F)F)[Si](Cl)(Cl)C(F)CC(F)(F)C(F)(F)C(F)(F)C(F)(F)C(F)(F)C(F)(F)F. The Bertz CT molecular complexity index is 1020. The first-order valence-corrected chi connectivity index (χ1v) is 14.5. The fourth-order valence-corrected chi connectivity index (χ4v) is 5.15. The molecule has 0 radical (unpaired) electrons. The van der Waals surface area contributed by atoms with Crippen LogP contribution >= 0.6 is 22.2 Å². The first kappa shape index (κ1) is 45.8. The normalized spacial score (nSPS) is 18.0. The molecule has 284 valence electrons. The maximum absolute atomic E-state index is 14.2. The summed E-state index contributed by atoms with van der Waals surface area (Å²) >= 11 is 9.22. The molecule has 31 heteroatoms. The molecule has 0 saturated carbocycles. The van der Waals surface area contributed by atoms with Crippen molar-refractivity contribution in [2.45, 2.75) is 96.0 Å². The first-order valence-electron chi connectivity index (χ1n) is 10.3. The molecule has 0 aromatic heterocycles. The maximum atomic E-state index is 14.2. The maximum Gasteiger partial charge on any atom is 0.460 e. The van der Waals surface area contributed by atoms with Crippen LogP contribution in [0.15, 0.2) is 0 Å². The van der Waals surface area contributed by atoms with Gasteiger partial charge >= 0.3 is 78.3 Å². The molecule has 0 bridgehead atoms. The van der Waals surface area contributed by atoms with Gasteiger partial charge in [0.2, 0.25) is 0 Å². The van der Waals surface area contributed by atoms with Crippen molar-refractivity contribution in [3.63, 3.8) is 0 Å². The van der Waals surface area contributed by atoms with Gasteiger partial charge in [-0.3, -0.25) is 0 Å². The van der Waals surface area contributed by atoms with Crippen molar-refractivity contribution < 1.29 is 123 Å². The lowest BCUT2D eigenvalue weighted by Gasteiger charge is -2.41. The summed E-state index contributed by atoms with van der Waals surface area (Å²) in [5, 5.41) is 0. The van der Waals surface area contributed by atoms with E-state index in [1.807, 2.05) is 0 Å². The lowest BCUT2D eigenvalue weighted by molar-refractivity contribution is -0.440. The molecule has 0 aromatic carbocycles. The molecule has 0 rings (SSSR count). The summed E-state index contributed by atoms with van der Waals surface area (Å²) in [4.78, 5) is 0. The van der Waals surface area contributed by atoms with E-state index in [0.29, 0.717) is 0 Å². The monoisotopic (exact) mass is 828 g/mol. The van der Waals surface area contributed by atoms with Crippen LogP contribution in [0.4, 0.5) is 123 Å². The summed E-state index contributed by atoms with van der Waals surface area (Å²) in [5.74, 6) is -92.8. The zero-order valence-electron chi connectivity index (χ0n) is 20.4. The topological polar surface area (TPSA) is 0 Å². The summed E-state index contributed by atoms with van der Waals surface area (Å²) in [6, 6.07) is 0. The summed E-state index contributed by atoms with van der Waals surface area (Å²) in [5.41, 5.74) is 0. The van der Waals surface area contributed by atoms with E-state index in [-0.39, 0.29) is 0 Å². The highest BCUT2D eigenvalue weighted by Crippen LogP contribution is 2.63. The quantitative estimate of drug-likeness (QED) is 0.0930. The minimum atomic E-state index is -8.62. The van der Waals surface area contributed by atoms with Crippen LogP contribution in [-0.4, -0.2) is 89.9 Å². The molecule has 0 aliphatic rings. The standard InChI is InChI=1S/C16H6Cl2F28Si/c17-47(18,3(19)1-5(21,22)7(25,26)9(29,30)11(33,34)13(37,38)15(41,42)43)4(20)2-6(23,24)8(27,28)10(31,32)12(35,36)14(39,40)16(44,45)46/h3-4H,1-2H2. The Kier molecular flexibility index (Phi) is 11.7. The number of rotatable bonds is 14. The van der Waals surface area contributed by atoms with Crippen LogP contribution < -0.4 is 0 Å². The van der Waals surface area contributed by atoms with Gasteiger partial charge in [0.05, 0.1) is 0 Å². The molecule has 0 aliphatic heterocycles.